The van der Waals surface area contributed by atoms with Crippen molar-refractivity contribution in [2.75, 3.05) is 0 Å². The quantitative estimate of drug-likeness (QED) is 0.513. The zero-order chi connectivity index (χ0) is 17.0. The molecule has 0 bridgehead atoms. The Labute approximate surface area is 142 Å². The van der Waals surface area contributed by atoms with Crippen LogP contribution in [0.1, 0.15) is 16.7 Å². The fraction of sp³-hybridized carbons (Fsp3) is 0.150. The van der Waals surface area contributed by atoms with Gasteiger partial charge in [0, 0.05) is 16.3 Å². The van der Waals surface area contributed by atoms with E-state index in [9.17, 15) is 9.90 Å². The normalized spacial score (nSPS) is 11.5. The number of phenolic OH excluding ortho intramolecular Hbond substituents is 1. The Hall–Kier alpha value is -2.59. The summed E-state index contributed by atoms with van der Waals surface area (Å²) >= 11 is 1.03. The number of phenols is 1. The monoisotopic (exact) mass is 336 g/mol. The number of rotatable bonds is 1. The smallest absolute Gasteiger partial charge is 0.396 e. The summed E-state index contributed by atoms with van der Waals surface area (Å²) in [6.45, 7) is 6.03. The summed E-state index contributed by atoms with van der Waals surface area (Å²) in [5.41, 5.74) is 5.42. The number of hydrogen-bond donors (Lipinski definition) is 1. The predicted molar refractivity (Wildman–Crippen MR) is 99.2 cm³/mol. The van der Waals surface area contributed by atoms with Crippen molar-refractivity contribution in [2.24, 2.45) is 0 Å². The molecule has 0 unspecified atom stereocenters. The Kier molecular flexibility index (Phi) is 3.25. The van der Waals surface area contributed by atoms with Gasteiger partial charge in [-0.05, 0) is 49.6 Å². The minimum atomic E-state index is -0.358. The van der Waals surface area contributed by atoms with Crippen LogP contribution in [0.5, 0.6) is 5.75 Å². The molecule has 0 spiro atoms. The maximum atomic E-state index is 11.9. The number of fused-ring (bicyclic) bond motifs is 3. The van der Waals surface area contributed by atoms with Gasteiger partial charge in [-0.1, -0.05) is 41.2 Å². The molecular formula is C20H16O3S. The van der Waals surface area contributed by atoms with Gasteiger partial charge in [0.05, 0.1) is 4.70 Å². The third-order valence-corrected chi connectivity index (χ3v) is 5.36. The van der Waals surface area contributed by atoms with Crippen molar-refractivity contribution in [3.05, 3.63) is 62.8 Å². The third kappa shape index (κ3) is 2.14. The van der Waals surface area contributed by atoms with Crippen LogP contribution in [-0.4, -0.2) is 5.11 Å². The molecule has 4 aromatic rings. The van der Waals surface area contributed by atoms with Crippen LogP contribution < -0.4 is 4.94 Å². The Morgan fingerprint density at radius 3 is 2.25 bits per heavy atom. The standard InChI is InChI=1S/C20H16O3S/c1-10-4-6-13(7-5-10)16-17(21)14-8-11(2)12(3)9-15(14)18-19(16)24-20(22)23-18/h4-9,21H,1-3H3. The van der Waals surface area contributed by atoms with Gasteiger partial charge in [-0.25, -0.2) is 4.79 Å². The molecular weight excluding hydrogens is 320 g/mol. The first-order valence-electron chi connectivity index (χ1n) is 7.72. The molecule has 0 radical (unpaired) electrons. The van der Waals surface area contributed by atoms with Gasteiger partial charge in [-0.3, -0.25) is 0 Å². The molecule has 0 saturated carbocycles. The summed E-state index contributed by atoms with van der Waals surface area (Å²) in [5, 5.41) is 12.4. The summed E-state index contributed by atoms with van der Waals surface area (Å²) < 4.78 is 6.16. The minimum Gasteiger partial charge on any atom is -0.507 e. The molecule has 4 heteroatoms. The van der Waals surface area contributed by atoms with E-state index in [4.69, 9.17) is 4.42 Å². The maximum absolute atomic E-state index is 11.9. The van der Waals surface area contributed by atoms with E-state index in [1.165, 1.54) is 0 Å². The van der Waals surface area contributed by atoms with E-state index in [1.54, 1.807) is 0 Å². The third-order valence-electron chi connectivity index (χ3n) is 4.51. The molecule has 0 saturated heterocycles. The van der Waals surface area contributed by atoms with Gasteiger partial charge in [0.25, 0.3) is 0 Å². The number of aromatic hydroxyl groups is 1. The van der Waals surface area contributed by atoms with Crippen LogP contribution in [0.3, 0.4) is 0 Å². The van der Waals surface area contributed by atoms with E-state index in [0.717, 1.165) is 39.0 Å². The number of hydrogen-bond acceptors (Lipinski definition) is 4. The number of aryl methyl sites for hydroxylation is 3. The molecule has 0 aliphatic heterocycles. The van der Waals surface area contributed by atoms with Crippen molar-refractivity contribution in [3.8, 4) is 16.9 Å². The van der Waals surface area contributed by atoms with Crippen LogP contribution in [0.15, 0.2) is 45.6 Å². The van der Waals surface area contributed by atoms with Crippen LogP contribution >= 0.6 is 11.3 Å². The highest BCUT2D eigenvalue weighted by Crippen LogP contribution is 2.45. The summed E-state index contributed by atoms with van der Waals surface area (Å²) in [5.74, 6) is 0.196. The first-order chi connectivity index (χ1) is 11.5. The van der Waals surface area contributed by atoms with Gasteiger partial charge in [0.15, 0.2) is 5.58 Å². The van der Waals surface area contributed by atoms with Gasteiger partial charge in [0.2, 0.25) is 0 Å². The Morgan fingerprint density at radius 2 is 1.58 bits per heavy atom. The zero-order valence-electron chi connectivity index (χ0n) is 13.6. The first-order valence-corrected chi connectivity index (χ1v) is 8.54. The van der Waals surface area contributed by atoms with Crippen molar-refractivity contribution < 1.29 is 9.52 Å². The Bertz CT molecular complexity index is 1150. The second-order valence-electron chi connectivity index (χ2n) is 6.18. The Balaban J connectivity index is 2.23. The maximum Gasteiger partial charge on any atom is 0.396 e. The van der Waals surface area contributed by atoms with E-state index < -0.39 is 0 Å². The molecule has 120 valence electrons. The topological polar surface area (TPSA) is 50.4 Å². The fourth-order valence-electron chi connectivity index (χ4n) is 3.05. The largest absolute Gasteiger partial charge is 0.507 e. The molecule has 0 aliphatic rings. The van der Waals surface area contributed by atoms with Gasteiger partial charge >= 0.3 is 4.94 Å². The molecule has 3 nitrogen and oxygen atoms in total. The molecule has 0 aliphatic carbocycles. The molecule has 24 heavy (non-hydrogen) atoms. The Morgan fingerprint density at radius 1 is 0.958 bits per heavy atom. The van der Waals surface area contributed by atoms with Gasteiger partial charge in [-0.2, -0.15) is 0 Å². The lowest BCUT2D eigenvalue weighted by Crippen LogP contribution is -1.87. The van der Waals surface area contributed by atoms with E-state index in [2.05, 4.69) is 0 Å². The van der Waals surface area contributed by atoms with Crippen molar-refractivity contribution in [2.45, 2.75) is 20.8 Å². The van der Waals surface area contributed by atoms with Gasteiger partial charge in [0.1, 0.15) is 5.75 Å². The highest BCUT2D eigenvalue weighted by molar-refractivity contribution is 7.17. The lowest BCUT2D eigenvalue weighted by Gasteiger charge is -2.12. The van der Waals surface area contributed by atoms with Crippen LogP contribution in [0.2, 0.25) is 0 Å². The van der Waals surface area contributed by atoms with Gasteiger partial charge < -0.3 is 9.52 Å². The second-order valence-corrected chi connectivity index (χ2v) is 7.13. The van der Waals surface area contributed by atoms with Crippen LogP contribution in [-0.2, 0) is 0 Å². The minimum absolute atomic E-state index is 0.196. The first kappa shape index (κ1) is 15.0. The van der Waals surface area contributed by atoms with Crippen LogP contribution in [0, 0.1) is 20.8 Å². The predicted octanol–water partition coefficient (Wildman–Crippen LogP) is 5.31. The van der Waals surface area contributed by atoms with Crippen LogP contribution in [0.4, 0.5) is 0 Å². The highest BCUT2D eigenvalue weighted by Gasteiger charge is 2.20. The SMILES string of the molecule is Cc1ccc(-c2c(O)c3cc(C)c(C)cc3c3oc(=O)sc23)cc1. The molecule has 1 heterocycles. The summed E-state index contributed by atoms with van der Waals surface area (Å²) in [7, 11) is 0. The fourth-order valence-corrected chi connectivity index (χ4v) is 3.90. The average Bonchev–Trinajstić information content (AvgIpc) is 2.92. The summed E-state index contributed by atoms with van der Waals surface area (Å²) in [6.07, 6.45) is 0. The number of benzene rings is 3. The van der Waals surface area contributed by atoms with E-state index in [-0.39, 0.29) is 10.7 Å². The van der Waals surface area contributed by atoms with Crippen molar-refractivity contribution >= 4 is 32.4 Å². The van der Waals surface area contributed by atoms with E-state index >= 15 is 0 Å². The molecule has 0 amide bonds. The van der Waals surface area contributed by atoms with E-state index in [1.807, 2.05) is 57.2 Å². The van der Waals surface area contributed by atoms with E-state index in [0.29, 0.717) is 21.2 Å². The summed E-state index contributed by atoms with van der Waals surface area (Å²) in [6, 6.07) is 11.8. The molecule has 3 aromatic carbocycles. The lowest BCUT2D eigenvalue weighted by atomic mass is 9.95. The molecule has 1 aromatic heterocycles. The van der Waals surface area contributed by atoms with Crippen LogP contribution in [0.25, 0.3) is 32.2 Å². The van der Waals surface area contributed by atoms with Gasteiger partial charge in [-0.15, -0.1) is 0 Å². The van der Waals surface area contributed by atoms with Crippen molar-refractivity contribution in [1.82, 2.24) is 0 Å². The summed E-state index contributed by atoms with van der Waals surface area (Å²) in [4.78, 5) is 11.5. The lowest BCUT2D eigenvalue weighted by molar-refractivity contribution is 0.484. The molecule has 0 atom stereocenters. The molecule has 0 fully saturated rings. The van der Waals surface area contributed by atoms with Crippen molar-refractivity contribution in [3.63, 3.8) is 0 Å². The van der Waals surface area contributed by atoms with Crippen molar-refractivity contribution in [1.29, 1.82) is 0 Å². The highest BCUT2D eigenvalue weighted by atomic mass is 32.1. The molecule has 4 rings (SSSR count). The second kappa shape index (κ2) is 5.21. The average molecular weight is 336 g/mol. The molecule has 1 N–H and O–H groups in total. The zero-order valence-corrected chi connectivity index (χ0v) is 14.5.